The third-order valence-corrected chi connectivity index (χ3v) is 5.21. The highest BCUT2D eigenvalue weighted by Crippen LogP contribution is 2.32. The van der Waals surface area contributed by atoms with Crippen molar-refractivity contribution < 1.29 is 4.79 Å². The van der Waals surface area contributed by atoms with E-state index in [-0.39, 0.29) is 5.91 Å². The number of likely N-dealkylation sites (tertiary alicyclic amines) is 1. The number of hydrogen-bond donors (Lipinski definition) is 0. The third-order valence-electron chi connectivity index (χ3n) is 5.21. The third kappa shape index (κ3) is 3.58. The van der Waals surface area contributed by atoms with Gasteiger partial charge in [0.05, 0.1) is 5.69 Å². The minimum Gasteiger partial charge on any atom is -0.334 e. The van der Waals surface area contributed by atoms with Crippen molar-refractivity contribution in [2.24, 2.45) is 13.0 Å². The molecule has 2 aromatic rings. The number of pyridine rings is 1. The second-order valence-corrected chi connectivity index (χ2v) is 7.39. The van der Waals surface area contributed by atoms with Crippen molar-refractivity contribution in [2.45, 2.75) is 32.4 Å². The van der Waals surface area contributed by atoms with Gasteiger partial charge in [-0.1, -0.05) is 0 Å². The van der Waals surface area contributed by atoms with Gasteiger partial charge in [0.25, 0.3) is 5.91 Å². The zero-order chi connectivity index (χ0) is 17.4. The highest BCUT2D eigenvalue weighted by atomic mass is 16.2. The Kier molecular flexibility index (Phi) is 4.29. The van der Waals surface area contributed by atoms with Gasteiger partial charge in [-0.15, -0.1) is 0 Å². The number of carbonyl (C=O) groups excluding carboxylic acids is 1. The maximum atomic E-state index is 12.7. The van der Waals surface area contributed by atoms with Crippen LogP contribution in [0.3, 0.4) is 0 Å². The highest BCUT2D eigenvalue weighted by molar-refractivity contribution is 5.93. The fraction of sp³-hybridized carbons (Fsp3) is 0.526. The molecule has 132 valence electrons. The van der Waals surface area contributed by atoms with E-state index in [9.17, 15) is 4.79 Å². The van der Waals surface area contributed by atoms with Crippen LogP contribution in [0.5, 0.6) is 0 Å². The summed E-state index contributed by atoms with van der Waals surface area (Å²) >= 11 is 0. The van der Waals surface area contributed by atoms with Crippen molar-refractivity contribution in [2.75, 3.05) is 19.6 Å². The molecule has 2 aliphatic rings. The summed E-state index contributed by atoms with van der Waals surface area (Å²) in [6.45, 7) is 5.61. The molecule has 3 heterocycles. The van der Waals surface area contributed by atoms with E-state index in [1.165, 1.54) is 18.4 Å². The number of aromatic nitrogens is 3. The molecule has 1 amide bonds. The Hall–Kier alpha value is -2.21. The molecule has 2 aromatic heterocycles. The zero-order valence-corrected chi connectivity index (χ0v) is 14.9. The van der Waals surface area contributed by atoms with Crippen molar-refractivity contribution >= 4 is 5.91 Å². The Balaban J connectivity index is 1.39. The normalized spacial score (nSPS) is 17.8. The van der Waals surface area contributed by atoms with E-state index >= 15 is 0 Å². The van der Waals surface area contributed by atoms with E-state index in [1.807, 2.05) is 37.3 Å². The van der Waals surface area contributed by atoms with E-state index in [0.29, 0.717) is 11.7 Å². The molecule has 0 atom stereocenters. The predicted molar refractivity (Wildman–Crippen MR) is 95.0 cm³/mol. The standard InChI is InChI=1S/C19H25N5O/c1-14-9-18(22(2)21-14)19(25)24-12-17(13-24)23(10-15-3-4-15)11-16-5-7-20-8-6-16/h5-9,15,17H,3-4,10-13H2,1-2H3. The molecule has 6 heteroatoms. The zero-order valence-electron chi connectivity index (χ0n) is 14.9. The number of amides is 1. The molecule has 2 fully saturated rings. The Bertz CT molecular complexity index is 746. The molecule has 0 spiro atoms. The van der Waals surface area contributed by atoms with E-state index in [1.54, 1.807) is 4.68 Å². The van der Waals surface area contributed by atoms with Crippen molar-refractivity contribution in [3.8, 4) is 0 Å². The summed E-state index contributed by atoms with van der Waals surface area (Å²) in [4.78, 5) is 21.2. The summed E-state index contributed by atoms with van der Waals surface area (Å²) in [6.07, 6.45) is 6.39. The van der Waals surface area contributed by atoms with Crippen LogP contribution in [0.25, 0.3) is 0 Å². The van der Waals surface area contributed by atoms with Crippen LogP contribution in [0.2, 0.25) is 0 Å². The van der Waals surface area contributed by atoms with Gasteiger partial charge in [0.2, 0.25) is 0 Å². The topological polar surface area (TPSA) is 54.3 Å². The van der Waals surface area contributed by atoms with Gasteiger partial charge >= 0.3 is 0 Å². The first-order valence-electron chi connectivity index (χ1n) is 9.03. The van der Waals surface area contributed by atoms with E-state index in [0.717, 1.165) is 37.8 Å². The van der Waals surface area contributed by atoms with Crippen molar-refractivity contribution in [3.05, 3.63) is 47.5 Å². The lowest BCUT2D eigenvalue weighted by Crippen LogP contribution is -2.61. The molecule has 1 saturated carbocycles. The van der Waals surface area contributed by atoms with E-state index in [2.05, 4.69) is 27.1 Å². The van der Waals surface area contributed by atoms with Crippen LogP contribution in [0, 0.1) is 12.8 Å². The van der Waals surface area contributed by atoms with Gasteiger partial charge in [0.1, 0.15) is 5.69 Å². The lowest BCUT2D eigenvalue weighted by Gasteiger charge is -2.45. The second-order valence-electron chi connectivity index (χ2n) is 7.39. The lowest BCUT2D eigenvalue weighted by atomic mass is 10.0. The number of hydrogen-bond acceptors (Lipinski definition) is 4. The predicted octanol–water partition coefficient (Wildman–Crippen LogP) is 1.86. The number of carbonyl (C=O) groups is 1. The Morgan fingerprint density at radius 3 is 2.60 bits per heavy atom. The highest BCUT2D eigenvalue weighted by Gasteiger charge is 2.38. The average molecular weight is 339 g/mol. The van der Waals surface area contributed by atoms with Crippen LogP contribution in [-0.2, 0) is 13.6 Å². The molecule has 1 aliphatic carbocycles. The lowest BCUT2D eigenvalue weighted by molar-refractivity contribution is 0.0212. The fourth-order valence-corrected chi connectivity index (χ4v) is 3.52. The van der Waals surface area contributed by atoms with Gasteiger partial charge in [-0.05, 0) is 49.4 Å². The number of rotatable bonds is 6. The molecule has 1 aliphatic heterocycles. The first-order chi connectivity index (χ1) is 12.1. The quantitative estimate of drug-likeness (QED) is 0.806. The number of aryl methyl sites for hydroxylation is 2. The molecule has 4 rings (SSSR count). The fourth-order valence-electron chi connectivity index (χ4n) is 3.52. The Morgan fingerprint density at radius 2 is 2.00 bits per heavy atom. The van der Waals surface area contributed by atoms with Crippen molar-refractivity contribution in [1.29, 1.82) is 0 Å². The molecular formula is C19H25N5O. The van der Waals surface area contributed by atoms with Gasteiger partial charge in [-0.25, -0.2) is 0 Å². The molecule has 1 saturated heterocycles. The monoisotopic (exact) mass is 339 g/mol. The van der Waals surface area contributed by atoms with Gasteiger partial charge in [-0.2, -0.15) is 5.10 Å². The minimum absolute atomic E-state index is 0.0923. The molecule has 0 bridgehead atoms. The summed E-state index contributed by atoms with van der Waals surface area (Å²) in [5.41, 5.74) is 2.86. The molecule has 0 aromatic carbocycles. The van der Waals surface area contributed by atoms with Gasteiger partial charge in [0, 0.05) is 51.7 Å². The van der Waals surface area contributed by atoms with Crippen LogP contribution >= 0.6 is 0 Å². The molecule has 0 N–H and O–H groups in total. The molecule has 6 nitrogen and oxygen atoms in total. The minimum atomic E-state index is 0.0923. The van der Waals surface area contributed by atoms with E-state index in [4.69, 9.17) is 0 Å². The molecular weight excluding hydrogens is 314 g/mol. The number of nitrogens with zero attached hydrogens (tertiary/aromatic N) is 5. The van der Waals surface area contributed by atoms with Crippen molar-refractivity contribution in [3.63, 3.8) is 0 Å². The summed E-state index contributed by atoms with van der Waals surface area (Å²) < 4.78 is 1.68. The molecule has 0 radical (unpaired) electrons. The summed E-state index contributed by atoms with van der Waals surface area (Å²) in [5.74, 6) is 0.931. The van der Waals surface area contributed by atoms with Crippen LogP contribution in [0.1, 0.15) is 34.6 Å². The van der Waals surface area contributed by atoms with Gasteiger partial charge in [0.15, 0.2) is 0 Å². The SMILES string of the molecule is Cc1cc(C(=O)N2CC(N(Cc3ccncc3)CC3CC3)C2)n(C)n1. The van der Waals surface area contributed by atoms with Crippen LogP contribution in [-0.4, -0.2) is 56.1 Å². The van der Waals surface area contributed by atoms with Crippen LogP contribution < -0.4 is 0 Å². The summed E-state index contributed by atoms with van der Waals surface area (Å²) in [5, 5.41) is 4.28. The van der Waals surface area contributed by atoms with Crippen LogP contribution in [0.4, 0.5) is 0 Å². The first kappa shape index (κ1) is 16.3. The Morgan fingerprint density at radius 1 is 1.28 bits per heavy atom. The first-order valence-corrected chi connectivity index (χ1v) is 9.03. The largest absolute Gasteiger partial charge is 0.334 e. The maximum Gasteiger partial charge on any atom is 0.272 e. The van der Waals surface area contributed by atoms with Gasteiger partial charge in [-0.3, -0.25) is 19.4 Å². The smallest absolute Gasteiger partial charge is 0.272 e. The average Bonchev–Trinajstić information content (AvgIpc) is 3.29. The molecule has 0 unspecified atom stereocenters. The van der Waals surface area contributed by atoms with Crippen molar-refractivity contribution in [1.82, 2.24) is 24.6 Å². The second kappa shape index (κ2) is 6.59. The van der Waals surface area contributed by atoms with E-state index < -0.39 is 0 Å². The maximum absolute atomic E-state index is 12.7. The summed E-state index contributed by atoms with van der Waals surface area (Å²) in [7, 11) is 1.83. The molecule has 25 heavy (non-hydrogen) atoms. The van der Waals surface area contributed by atoms with Gasteiger partial charge < -0.3 is 4.90 Å². The Labute approximate surface area is 148 Å². The summed E-state index contributed by atoms with van der Waals surface area (Å²) in [6, 6.07) is 6.49. The van der Waals surface area contributed by atoms with Crippen LogP contribution in [0.15, 0.2) is 30.6 Å².